The van der Waals surface area contributed by atoms with Gasteiger partial charge in [-0.2, -0.15) is 0 Å². The van der Waals surface area contributed by atoms with Crippen molar-refractivity contribution < 1.29 is 9.53 Å². The second kappa shape index (κ2) is 9.25. The lowest BCUT2D eigenvalue weighted by molar-refractivity contribution is -0.117. The van der Waals surface area contributed by atoms with E-state index in [0.29, 0.717) is 28.8 Å². The molecule has 1 aliphatic heterocycles. The number of nitrogens with one attached hydrogen (secondary N) is 3. The summed E-state index contributed by atoms with van der Waals surface area (Å²) in [5.74, 6) is 2.37. The number of hydrogen-bond acceptors (Lipinski definition) is 7. The molecule has 1 unspecified atom stereocenters. The van der Waals surface area contributed by atoms with Crippen molar-refractivity contribution >= 4 is 29.4 Å². The number of amides is 1. The van der Waals surface area contributed by atoms with Gasteiger partial charge in [-0.3, -0.25) is 14.2 Å². The lowest BCUT2D eigenvalue weighted by Gasteiger charge is -2.23. The number of carbonyl (C=O) groups excluding carboxylic acids is 1. The second-order valence-electron chi connectivity index (χ2n) is 9.17. The highest BCUT2D eigenvalue weighted by molar-refractivity contribution is 5.93. The normalized spacial score (nSPS) is 16.4. The number of nitrogens with zero attached hydrogens (tertiary/aromatic N) is 3. The standard InChI is InChI=1S/C26H28N6O3/c1-15(2)29-26-28-14-20(25(34)32(26)3)22-8-6-17-12-18(7-9-21(17)30-22)35-19-10-11-27-23(13-19)31-24(33)16-4-5-16/h6-16,22,30H,4-5H2,1-3H3,(H,28,29)(H,27,31,33). The van der Waals surface area contributed by atoms with Crippen LogP contribution in [0.25, 0.3) is 6.08 Å². The van der Waals surface area contributed by atoms with Gasteiger partial charge in [-0.15, -0.1) is 0 Å². The summed E-state index contributed by atoms with van der Waals surface area (Å²) in [7, 11) is 1.72. The Kier molecular flexibility index (Phi) is 5.98. The van der Waals surface area contributed by atoms with E-state index in [1.54, 1.807) is 31.6 Å². The third-order valence-electron chi connectivity index (χ3n) is 5.92. The number of ether oxygens (including phenoxy) is 1. The molecule has 1 amide bonds. The number of anilines is 3. The van der Waals surface area contributed by atoms with E-state index in [9.17, 15) is 9.59 Å². The molecular weight excluding hydrogens is 444 g/mol. The second-order valence-corrected chi connectivity index (χ2v) is 9.17. The first-order valence-corrected chi connectivity index (χ1v) is 11.7. The zero-order valence-corrected chi connectivity index (χ0v) is 19.9. The molecule has 1 aliphatic carbocycles. The maximum atomic E-state index is 12.9. The third-order valence-corrected chi connectivity index (χ3v) is 5.92. The van der Waals surface area contributed by atoms with E-state index in [2.05, 4.69) is 25.9 Å². The lowest BCUT2D eigenvalue weighted by atomic mass is 10.0. The molecule has 3 aromatic rings. The maximum Gasteiger partial charge on any atom is 0.260 e. The quantitative estimate of drug-likeness (QED) is 0.470. The van der Waals surface area contributed by atoms with Gasteiger partial charge in [-0.1, -0.05) is 12.2 Å². The monoisotopic (exact) mass is 472 g/mol. The zero-order valence-electron chi connectivity index (χ0n) is 19.9. The predicted molar refractivity (Wildman–Crippen MR) is 136 cm³/mol. The van der Waals surface area contributed by atoms with Gasteiger partial charge in [0.25, 0.3) is 5.56 Å². The third kappa shape index (κ3) is 5.03. The van der Waals surface area contributed by atoms with Crippen LogP contribution in [0.5, 0.6) is 11.5 Å². The average molecular weight is 473 g/mol. The van der Waals surface area contributed by atoms with Crippen LogP contribution in [-0.4, -0.2) is 26.5 Å². The number of benzene rings is 1. The number of pyridine rings is 1. The first-order valence-electron chi connectivity index (χ1n) is 11.7. The molecule has 3 N–H and O–H groups in total. The summed E-state index contributed by atoms with van der Waals surface area (Å²) >= 11 is 0. The topological polar surface area (TPSA) is 110 Å². The van der Waals surface area contributed by atoms with E-state index in [1.165, 1.54) is 4.57 Å². The number of rotatable bonds is 7. The summed E-state index contributed by atoms with van der Waals surface area (Å²) in [6, 6.07) is 9.05. The molecule has 1 atom stereocenters. The average Bonchev–Trinajstić information content (AvgIpc) is 3.68. The van der Waals surface area contributed by atoms with Gasteiger partial charge in [-0.25, -0.2) is 9.97 Å². The summed E-state index contributed by atoms with van der Waals surface area (Å²) < 4.78 is 7.55. The largest absolute Gasteiger partial charge is 0.457 e. The fourth-order valence-electron chi connectivity index (χ4n) is 3.89. The van der Waals surface area contributed by atoms with Gasteiger partial charge in [0.1, 0.15) is 17.3 Å². The van der Waals surface area contributed by atoms with Crippen LogP contribution >= 0.6 is 0 Å². The molecule has 3 heterocycles. The summed E-state index contributed by atoms with van der Waals surface area (Å²) in [6.07, 6.45) is 9.02. The van der Waals surface area contributed by atoms with Gasteiger partial charge in [0, 0.05) is 48.7 Å². The van der Waals surface area contributed by atoms with E-state index in [0.717, 1.165) is 24.1 Å². The van der Waals surface area contributed by atoms with Crippen molar-refractivity contribution in [3.63, 3.8) is 0 Å². The van der Waals surface area contributed by atoms with Crippen molar-refractivity contribution in [3.8, 4) is 11.5 Å². The molecule has 0 bridgehead atoms. The maximum absolute atomic E-state index is 12.9. The number of hydrogen-bond donors (Lipinski definition) is 3. The molecule has 0 saturated heterocycles. The number of aromatic nitrogens is 3. The number of fused-ring (bicyclic) bond motifs is 1. The number of carbonyl (C=O) groups is 1. The molecule has 2 aromatic heterocycles. The van der Waals surface area contributed by atoms with Gasteiger partial charge in [0.05, 0.1) is 11.6 Å². The summed E-state index contributed by atoms with van der Waals surface area (Å²) in [4.78, 5) is 33.6. The van der Waals surface area contributed by atoms with Crippen LogP contribution in [0.1, 0.15) is 43.9 Å². The van der Waals surface area contributed by atoms with Gasteiger partial charge < -0.3 is 20.7 Å². The van der Waals surface area contributed by atoms with Crippen LogP contribution in [0.4, 0.5) is 17.5 Å². The molecule has 0 radical (unpaired) electrons. The Morgan fingerprint density at radius 2 is 1.97 bits per heavy atom. The molecule has 9 heteroatoms. The first kappa shape index (κ1) is 22.6. The van der Waals surface area contributed by atoms with Crippen LogP contribution in [0.15, 0.2) is 53.6 Å². The Bertz CT molecular complexity index is 1360. The van der Waals surface area contributed by atoms with Gasteiger partial charge >= 0.3 is 0 Å². The highest BCUT2D eigenvalue weighted by Crippen LogP contribution is 2.34. The van der Waals surface area contributed by atoms with Crippen molar-refractivity contribution in [3.05, 3.63) is 70.3 Å². The molecule has 0 spiro atoms. The van der Waals surface area contributed by atoms with Crippen molar-refractivity contribution in [2.24, 2.45) is 13.0 Å². The van der Waals surface area contributed by atoms with E-state index in [1.807, 2.05) is 44.2 Å². The van der Waals surface area contributed by atoms with Crippen molar-refractivity contribution in [1.29, 1.82) is 0 Å². The minimum Gasteiger partial charge on any atom is -0.457 e. The van der Waals surface area contributed by atoms with Crippen LogP contribution in [0.2, 0.25) is 0 Å². The van der Waals surface area contributed by atoms with Crippen molar-refractivity contribution in [2.75, 3.05) is 16.0 Å². The molecule has 1 aromatic carbocycles. The summed E-state index contributed by atoms with van der Waals surface area (Å²) in [5.41, 5.74) is 2.30. The fourth-order valence-corrected chi connectivity index (χ4v) is 3.89. The Balaban J connectivity index is 1.30. The Morgan fingerprint density at radius 3 is 2.74 bits per heavy atom. The molecule has 2 aliphatic rings. The Morgan fingerprint density at radius 1 is 1.17 bits per heavy atom. The lowest BCUT2D eigenvalue weighted by Crippen LogP contribution is -2.30. The molecule has 1 saturated carbocycles. The smallest absolute Gasteiger partial charge is 0.260 e. The first-order chi connectivity index (χ1) is 16.9. The van der Waals surface area contributed by atoms with E-state index in [-0.39, 0.29) is 29.5 Å². The molecule has 1 fully saturated rings. The minimum atomic E-state index is -0.286. The van der Waals surface area contributed by atoms with Gasteiger partial charge in [0.15, 0.2) is 0 Å². The van der Waals surface area contributed by atoms with E-state index >= 15 is 0 Å². The van der Waals surface area contributed by atoms with Gasteiger partial charge in [-0.05, 0) is 51.0 Å². The van der Waals surface area contributed by atoms with Crippen LogP contribution in [-0.2, 0) is 11.8 Å². The molecule has 180 valence electrons. The predicted octanol–water partition coefficient (Wildman–Crippen LogP) is 4.32. The molecule has 9 nitrogen and oxygen atoms in total. The summed E-state index contributed by atoms with van der Waals surface area (Å²) in [6.45, 7) is 4.00. The van der Waals surface area contributed by atoms with Gasteiger partial charge in [0.2, 0.25) is 11.9 Å². The highest BCUT2D eigenvalue weighted by atomic mass is 16.5. The van der Waals surface area contributed by atoms with Crippen molar-refractivity contribution in [1.82, 2.24) is 14.5 Å². The molecular formula is C26H28N6O3. The highest BCUT2D eigenvalue weighted by Gasteiger charge is 2.29. The van der Waals surface area contributed by atoms with Crippen molar-refractivity contribution in [2.45, 2.75) is 38.8 Å². The molecule has 35 heavy (non-hydrogen) atoms. The zero-order chi connectivity index (χ0) is 24.5. The minimum absolute atomic E-state index is 0.00468. The fraction of sp³-hybridized carbons (Fsp3) is 0.308. The molecule has 5 rings (SSSR count). The van der Waals surface area contributed by atoms with Crippen LogP contribution in [0, 0.1) is 5.92 Å². The Labute approximate surface area is 203 Å². The SMILES string of the molecule is CC(C)Nc1ncc(C2C=Cc3cc(Oc4ccnc(NC(=O)C5CC5)c4)ccc3N2)c(=O)n1C. The van der Waals surface area contributed by atoms with Crippen LogP contribution in [0.3, 0.4) is 0 Å². The van der Waals surface area contributed by atoms with E-state index < -0.39 is 0 Å². The van der Waals surface area contributed by atoms with E-state index in [4.69, 9.17) is 4.74 Å². The van der Waals surface area contributed by atoms with Crippen LogP contribution < -0.4 is 26.2 Å². The summed E-state index contributed by atoms with van der Waals surface area (Å²) in [5, 5.41) is 9.42. The Hall–Kier alpha value is -4.14.